The summed E-state index contributed by atoms with van der Waals surface area (Å²) >= 11 is 1.27. The fourth-order valence-corrected chi connectivity index (χ4v) is 3.79. The lowest BCUT2D eigenvalue weighted by Gasteiger charge is -2.12. The van der Waals surface area contributed by atoms with Gasteiger partial charge in [-0.25, -0.2) is 9.18 Å². The quantitative estimate of drug-likeness (QED) is 0.611. The van der Waals surface area contributed by atoms with Crippen molar-refractivity contribution in [3.05, 3.63) is 52.3 Å². The summed E-state index contributed by atoms with van der Waals surface area (Å²) < 4.78 is 20.2. The standard InChI is InChI=1S/C20H22FN3O3S/c1-4-9-22-18(25)13(3)27-20(26)17-10-16-12(2)23-24(19(16)28-17)11-14-5-7-15(21)8-6-14/h5-8,10,13H,4,9,11H2,1-3H3,(H,22,25)/t13-/m1/s1. The van der Waals surface area contributed by atoms with E-state index in [9.17, 15) is 14.0 Å². The lowest BCUT2D eigenvalue weighted by atomic mass is 10.2. The number of fused-ring (bicyclic) bond motifs is 1. The zero-order valence-corrected chi connectivity index (χ0v) is 16.8. The number of thiophene rings is 1. The Kier molecular flexibility index (Phi) is 6.08. The van der Waals surface area contributed by atoms with E-state index in [-0.39, 0.29) is 11.7 Å². The van der Waals surface area contributed by atoms with Crippen molar-refractivity contribution in [2.45, 2.75) is 39.8 Å². The van der Waals surface area contributed by atoms with E-state index < -0.39 is 12.1 Å². The van der Waals surface area contributed by atoms with Gasteiger partial charge >= 0.3 is 5.97 Å². The number of halogens is 1. The van der Waals surface area contributed by atoms with Gasteiger partial charge < -0.3 is 10.1 Å². The molecule has 0 bridgehead atoms. The number of benzene rings is 1. The number of ether oxygens (including phenoxy) is 1. The topological polar surface area (TPSA) is 73.2 Å². The number of carbonyl (C=O) groups excluding carboxylic acids is 2. The van der Waals surface area contributed by atoms with Crippen LogP contribution in [0.25, 0.3) is 10.2 Å². The third kappa shape index (κ3) is 4.39. The van der Waals surface area contributed by atoms with Crippen molar-refractivity contribution in [2.24, 2.45) is 0 Å². The predicted molar refractivity (Wildman–Crippen MR) is 106 cm³/mol. The van der Waals surface area contributed by atoms with Crippen LogP contribution in [-0.2, 0) is 16.1 Å². The molecule has 2 heterocycles. The minimum absolute atomic E-state index is 0.288. The Balaban J connectivity index is 1.77. The number of rotatable bonds is 7. The van der Waals surface area contributed by atoms with Crippen molar-refractivity contribution in [3.8, 4) is 0 Å². The summed E-state index contributed by atoms with van der Waals surface area (Å²) in [5.41, 5.74) is 1.70. The van der Waals surface area contributed by atoms with E-state index in [2.05, 4.69) is 10.4 Å². The second-order valence-corrected chi connectivity index (χ2v) is 7.57. The number of aryl methyl sites for hydroxylation is 1. The number of aromatic nitrogens is 2. The first-order valence-corrected chi connectivity index (χ1v) is 9.90. The molecule has 0 aliphatic rings. The molecule has 0 fully saturated rings. The average molecular weight is 403 g/mol. The van der Waals surface area contributed by atoms with Crippen molar-refractivity contribution in [3.63, 3.8) is 0 Å². The molecule has 1 aromatic carbocycles. The van der Waals surface area contributed by atoms with Crippen LogP contribution in [0.3, 0.4) is 0 Å². The minimum atomic E-state index is -0.860. The van der Waals surface area contributed by atoms with Crippen molar-refractivity contribution < 1.29 is 18.7 Å². The molecule has 2 aromatic heterocycles. The molecule has 8 heteroatoms. The summed E-state index contributed by atoms with van der Waals surface area (Å²) in [6.07, 6.45) is -0.0481. The van der Waals surface area contributed by atoms with Crippen LogP contribution in [0, 0.1) is 12.7 Å². The first-order chi connectivity index (χ1) is 13.4. The highest BCUT2D eigenvalue weighted by Gasteiger charge is 2.22. The van der Waals surface area contributed by atoms with E-state index in [1.54, 1.807) is 29.8 Å². The van der Waals surface area contributed by atoms with Gasteiger partial charge in [0.15, 0.2) is 6.10 Å². The van der Waals surface area contributed by atoms with Crippen LogP contribution in [0.1, 0.15) is 41.2 Å². The molecule has 6 nitrogen and oxygen atoms in total. The summed E-state index contributed by atoms with van der Waals surface area (Å²) in [4.78, 5) is 25.6. The van der Waals surface area contributed by atoms with Crippen LogP contribution in [0.15, 0.2) is 30.3 Å². The Morgan fingerprint density at radius 1 is 1.32 bits per heavy atom. The molecular weight excluding hydrogens is 381 g/mol. The molecule has 3 aromatic rings. The summed E-state index contributed by atoms with van der Waals surface area (Å²) in [6.45, 7) is 6.38. The van der Waals surface area contributed by atoms with E-state index in [0.29, 0.717) is 18.0 Å². The molecule has 3 rings (SSSR count). The summed E-state index contributed by atoms with van der Waals surface area (Å²) in [7, 11) is 0. The van der Waals surface area contributed by atoms with Crippen LogP contribution in [0.5, 0.6) is 0 Å². The fourth-order valence-electron chi connectivity index (χ4n) is 2.75. The Labute approximate surface area is 166 Å². The Bertz CT molecular complexity index is 994. The van der Waals surface area contributed by atoms with Crippen LogP contribution in [0.2, 0.25) is 0 Å². The van der Waals surface area contributed by atoms with Crippen LogP contribution in [-0.4, -0.2) is 34.3 Å². The summed E-state index contributed by atoms with van der Waals surface area (Å²) in [5.74, 6) is -1.13. The molecule has 0 radical (unpaired) electrons. The highest BCUT2D eigenvalue weighted by atomic mass is 32.1. The predicted octanol–water partition coefficient (Wildman–Crippen LogP) is 3.67. The zero-order valence-electron chi connectivity index (χ0n) is 16.0. The molecule has 0 saturated carbocycles. The maximum absolute atomic E-state index is 13.1. The molecule has 0 aliphatic heterocycles. The second kappa shape index (κ2) is 8.52. The Morgan fingerprint density at radius 2 is 2.04 bits per heavy atom. The lowest BCUT2D eigenvalue weighted by Crippen LogP contribution is -2.36. The number of hydrogen-bond donors (Lipinski definition) is 1. The van der Waals surface area contributed by atoms with Crippen molar-refractivity contribution >= 4 is 33.4 Å². The van der Waals surface area contributed by atoms with Gasteiger partial charge in [-0.05, 0) is 44.0 Å². The normalized spacial score (nSPS) is 12.1. The van der Waals surface area contributed by atoms with Crippen molar-refractivity contribution in [1.29, 1.82) is 0 Å². The number of hydrogen-bond acceptors (Lipinski definition) is 5. The number of nitrogens with one attached hydrogen (secondary N) is 1. The van der Waals surface area contributed by atoms with Gasteiger partial charge in [0, 0.05) is 11.9 Å². The second-order valence-electron chi connectivity index (χ2n) is 6.54. The third-order valence-electron chi connectivity index (χ3n) is 4.26. The number of carbonyl (C=O) groups is 2. The largest absolute Gasteiger partial charge is 0.448 e. The Morgan fingerprint density at radius 3 is 2.71 bits per heavy atom. The summed E-state index contributed by atoms with van der Waals surface area (Å²) in [6, 6.07) is 7.97. The fraction of sp³-hybridized carbons (Fsp3) is 0.350. The van der Waals surface area contributed by atoms with Gasteiger partial charge in [0.25, 0.3) is 5.91 Å². The zero-order chi connectivity index (χ0) is 20.3. The maximum atomic E-state index is 13.1. The van der Waals surface area contributed by atoms with Crippen molar-refractivity contribution in [2.75, 3.05) is 6.54 Å². The third-order valence-corrected chi connectivity index (χ3v) is 5.38. The van der Waals surface area contributed by atoms with E-state index in [0.717, 1.165) is 27.9 Å². The van der Waals surface area contributed by atoms with Gasteiger partial charge in [0.2, 0.25) is 0 Å². The molecule has 0 aliphatic carbocycles. The summed E-state index contributed by atoms with van der Waals surface area (Å²) in [5, 5.41) is 8.08. The van der Waals surface area contributed by atoms with E-state index in [1.807, 2.05) is 13.8 Å². The lowest BCUT2D eigenvalue weighted by molar-refractivity contribution is -0.129. The number of amides is 1. The average Bonchev–Trinajstić information content (AvgIpc) is 3.23. The van der Waals surface area contributed by atoms with Gasteiger partial charge in [-0.15, -0.1) is 11.3 Å². The molecule has 0 saturated heterocycles. The van der Waals surface area contributed by atoms with Crippen molar-refractivity contribution in [1.82, 2.24) is 15.1 Å². The van der Waals surface area contributed by atoms with Gasteiger partial charge in [-0.1, -0.05) is 19.1 Å². The molecule has 28 heavy (non-hydrogen) atoms. The Hall–Kier alpha value is -2.74. The SMILES string of the molecule is CCCNC(=O)[C@@H](C)OC(=O)c1cc2c(C)nn(Cc3ccc(F)cc3)c2s1. The number of nitrogens with zero attached hydrogens (tertiary/aromatic N) is 2. The molecule has 0 unspecified atom stereocenters. The molecule has 148 valence electrons. The maximum Gasteiger partial charge on any atom is 0.349 e. The molecule has 1 amide bonds. The first kappa shape index (κ1) is 20.0. The van der Waals surface area contributed by atoms with Crippen LogP contribution in [0.4, 0.5) is 4.39 Å². The van der Waals surface area contributed by atoms with Gasteiger partial charge in [0.05, 0.1) is 12.2 Å². The van der Waals surface area contributed by atoms with Crippen LogP contribution < -0.4 is 5.32 Å². The highest BCUT2D eigenvalue weighted by molar-refractivity contribution is 7.20. The monoisotopic (exact) mass is 403 g/mol. The highest BCUT2D eigenvalue weighted by Crippen LogP contribution is 2.29. The van der Waals surface area contributed by atoms with Gasteiger partial charge in [0.1, 0.15) is 15.5 Å². The van der Waals surface area contributed by atoms with Gasteiger partial charge in [-0.2, -0.15) is 5.10 Å². The van der Waals surface area contributed by atoms with Crippen LogP contribution >= 0.6 is 11.3 Å². The van der Waals surface area contributed by atoms with E-state index in [1.165, 1.54) is 23.5 Å². The van der Waals surface area contributed by atoms with E-state index >= 15 is 0 Å². The van der Waals surface area contributed by atoms with Gasteiger partial charge in [-0.3, -0.25) is 9.48 Å². The first-order valence-electron chi connectivity index (χ1n) is 9.09. The smallest absolute Gasteiger partial charge is 0.349 e. The molecule has 1 atom stereocenters. The molecular formula is C20H22FN3O3S. The minimum Gasteiger partial charge on any atom is -0.448 e. The molecule has 0 spiro atoms. The number of esters is 1. The molecule has 1 N–H and O–H groups in total. The van der Waals surface area contributed by atoms with E-state index in [4.69, 9.17) is 4.74 Å².